The van der Waals surface area contributed by atoms with Crippen LogP contribution in [0.15, 0.2) is 35.5 Å². The highest BCUT2D eigenvalue weighted by Gasteiger charge is 2.31. The molecule has 2 aromatic rings. The molecule has 4 rings (SSSR count). The smallest absolute Gasteiger partial charge is 0.276 e. The minimum Gasteiger partial charge on any atom is -0.366 e. The Labute approximate surface area is 186 Å². The van der Waals surface area contributed by atoms with E-state index in [2.05, 4.69) is 15.2 Å². The predicted molar refractivity (Wildman–Crippen MR) is 120 cm³/mol. The van der Waals surface area contributed by atoms with Gasteiger partial charge < -0.3 is 4.90 Å². The number of hydrogen-bond acceptors (Lipinski definition) is 5. The highest BCUT2D eigenvalue weighted by atomic mass is 35.5. The van der Waals surface area contributed by atoms with Crippen molar-refractivity contribution in [1.82, 2.24) is 14.9 Å². The standard InChI is InChI=1S/C23H27ClN4O3/c1-2-10-28-14-25-13-19(23(28)31)27-11-8-15(9-12-27)16-4-3-5-17(21(16)24)18-6-7-20(29)26-22(18)30/h3-5,13-15,18H,2,6-12H2,1H3,(H,26,29,30). The third-order valence-corrected chi connectivity index (χ3v) is 6.73. The minimum absolute atomic E-state index is 0.00758. The lowest BCUT2D eigenvalue weighted by Gasteiger charge is -2.34. The summed E-state index contributed by atoms with van der Waals surface area (Å²) < 4.78 is 1.67. The molecule has 0 bridgehead atoms. The van der Waals surface area contributed by atoms with Crippen LogP contribution < -0.4 is 15.8 Å². The van der Waals surface area contributed by atoms with E-state index in [1.165, 1.54) is 0 Å². The molecule has 0 spiro atoms. The molecule has 2 saturated heterocycles. The fourth-order valence-corrected chi connectivity index (χ4v) is 5.04. The number of anilines is 1. The number of benzene rings is 1. The normalized spacial score (nSPS) is 20.1. The second kappa shape index (κ2) is 9.22. The highest BCUT2D eigenvalue weighted by molar-refractivity contribution is 6.32. The Bertz CT molecular complexity index is 1040. The van der Waals surface area contributed by atoms with Crippen molar-refractivity contribution in [2.75, 3.05) is 18.0 Å². The van der Waals surface area contributed by atoms with E-state index in [4.69, 9.17) is 11.6 Å². The maximum Gasteiger partial charge on any atom is 0.276 e. The van der Waals surface area contributed by atoms with E-state index in [0.29, 0.717) is 30.1 Å². The van der Waals surface area contributed by atoms with Gasteiger partial charge in [0.05, 0.1) is 18.4 Å². The zero-order valence-electron chi connectivity index (χ0n) is 17.6. The first kappa shape index (κ1) is 21.6. The number of rotatable bonds is 5. The average molecular weight is 443 g/mol. The van der Waals surface area contributed by atoms with Crippen molar-refractivity contribution < 1.29 is 9.59 Å². The first-order chi connectivity index (χ1) is 15.0. The Kier molecular flexibility index (Phi) is 6.41. The lowest BCUT2D eigenvalue weighted by molar-refractivity contribution is -0.134. The van der Waals surface area contributed by atoms with Gasteiger partial charge in [0.1, 0.15) is 5.69 Å². The number of nitrogens with one attached hydrogen (secondary N) is 1. The zero-order valence-corrected chi connectivity index (χ0v) is 18.4. The number of nitrogens with zero attached hydrogens (tertiary/aromatic N) is 3. The van der Waals surface area contributed by atoms with Gasteiger partial charge in [0.15, 0.2) is 0 Å². The number of carbonyl (C=O) groups is 2. The molecular formula is C23H27ClN4O3. The van der Waals surface area contributed by atoms with Crippen molar-refractivity contribution in [2.24, 2.45) is 0 Å². The second-order valence-corrected chi connectivity index (χ2v) is 8.67. The third-order valence-electron chi connectivity index (χ3n) is 6.30. The summed E-state index contributed by atoms with van der Waals surface area (Å²) in [6.45, 7) is 4.20. The number of piperidine rings is 2. The van der Waals surface area contributed by atoms with Crippen molar-refractivity contribution in [3.8, 4) is 0 Å². The Morgan fingerprint density at radius 3 is 2.58 bits per heavy atom. The molecular weight excluding hydrogens is 416 g/mol. The number of imide groups is 1. The van der Waals surface area contributed by atoms with Crippen molar-refractivity contribution in [1.29, 1.82) is 0 Å². The molecule has 0 radical (unpaired) electrons. The second-order valence-electron chi connectivity index (χ2n) is 8.29. The summed E-state index contributed by atoms with van der Waals surface area (Å²) in [4.78, 5) is 42.9. The molecule has 2 fully saturated rings. The predicted octanol–water partition coefficient (Wildman–Crippen LogP) is 3.21. The molecule has 1 atom stereocenters. The summed E-state index contributed by atoms with van der Waals surface area (Å²) in [6, 6.07) is 5.85. The van der Waals surface area contributed by atoms with Crippen LogP contribution in [0.1, 0.15) is 62.0 Å². The van der Waals surface area contributed by atoms with Crippen LogP contribution in [0.2, 0.25) is 5.02 Å². The number of aromatic nitrogens is 2. The van der Waals surface area contributed by atoms with Crippen LogP contribution in [-0.2, 0) is 16.1 Å². The Morgan fingerprint density at radius 1 is 1.13 bits per heavy atom. The Morgan fingerprint density at radius 2 is 1.87 bits per heavy atom. The number of aryl methyl sites for hydroxylation is 1. The van der Waals surface area contributed by atoms with Crippen LogP contribution in [0.4, 0.5) is 5.69 Å². The van der Waals surface area contributed by atoms with Gasteiger partial charge in [-0.05, 0) is 42.7 Å². The van der Waals surface area contributed by atoms with Gasteiger partial charge in [-0.25, -0.2) is 4.98 Å². The van der Waals surface area contributed by atoms with Gasteiger partial charge in [-0.2, -0.15) is 0 Å². The number of hydrogen-bond donors (Lipinski definition) is 1. The van der Waals surface area contributed by atoms with Crippen LogP contribution >= 0.6 is 11.6 Å². The summed E-state index contributed by atoms with van der Waals surface area (Å²) in [5.41, 5.74) is 2.49. The van der Waals surface area contributed by atoms with E-state index in [0.717, 1.165) is 43.5 Å². The van der Waals surface area contributed by atoms with E-state index in [1.807, 2.05) is 25.1 Å². The maximum absolute atomic E-state index is 12.7. The topological polar surface area (TPSA) is 84.3 Å². The monoisotopic (exact) mass is 442 g/mol. The first-order valence-electron chi connectivity index (χ1n) is 10.9. The summed E-state index contributed by atoms with van der Waals surface area (Å²) >= 11 is 6.77. The molecule has 2 aliphatic rings. The van der Waals surface area contributed by atoms with Crippen LogP contribution in [-0.4, -0.2) is 34.5 Å². The summed E-state index contributed by atoms with van der Waals surface area (Å²) in [5, 5.41) is 3.04. The summed E-state index contributed by atoms with van der Waals surface area (Å²) in [7, 11) is 0. The van der Waals surface area contributed by atoms with Crippen LogP contribution in [0, 0.1) is 0 Å². The van der Waals surface area contributed by atoms with Gasteiger partial charge in [0.25, 0.3) is 5.56 Å². The van der Waals surface area contributed by atoms with E-state index in [-0.39, 0.29) is 23.3 Å². The number of carbonyl (C=O) groups excluding carboxylic acids is 2. The molecule has 1 unspecified atom stereocenters. The van der Waals surface area contributed by atoms with Crippen LogP contribution in [0.5, 0.6) is 0 Å². The molecule has 31 heavy (non-hydrogen) atoms. The quantitative estimate of drug-likeness (QED) is 0.719. The maximum atomic E-state index is 12.7. The molecule has 2 aliphatic heterocycles. The molecule has 3 heterocycles. The van der Waals surface area contributed by atoms with Crippen LogP contribution in [0.3, 0.4) is 0 Å². The highest BCUT2D eigenvalue weighted by Crippen LogP contribution is 2.39. The SMILES string of the molecule is CCCn1cncc(N2CCC(c3cccc(C4CCC(=O)NC4=O)c3Cl)CC2)c1=O. The van der Waals surface area contributed by atoms with Crippen molar-refractivity contribution >= 4 is 29.1 Å². The Balaban J connectivity index is 1.50. The molecule has 0 saturated carbocycles. The lowest BCUT2D eigenvalue weighted by atomic mass is 9.84. The summed E-state index contributed by atoms with van der Waals surface area (Å²) in [6.07, 6.45) is 6.68. The fraction of sp³-hybridized carbons (Fsp3) is 0.478. The van der Waals surface area contributed by atoms with Crippen molar-refractivity contribution in [3.63, 3.8) is 0 Å². The van der Waals surface area contributed by atoms with Gasteiger partial charge in [-0.15, -0.1) is 0 Å². The number of amides is 2. The average Bonchev–Trinajstić information content (AvgIpc) is 2.76. The molecule has 1 aromatic carbocycles. The fourth-order valence-electron chi connectivity index (χ4n) is 4.63. The molecule has 164 valence electrons. The number of halogens is 1. The minimum atomic E-state index is -0.391. The van der Waals surface area contributed by atoms with Crippen LogP contribution in [0.25, 0.3) is 0 Å². The zero-order chi connectivity index (χ0) is 22.0. The Hall–Kier alpha value is -2.67. The van der Waals surface area contributed by atoms with E-state index in [1.54, 1.807) is 17.1 Å². The molecule has 1 N–H and O–H groups in total. The van der Waals surface area contributed by atoms with E-state index < -0.39 is 5.92 Å². The van der Waals surface area contributed by atoms with E-state index in [9.17, 15) is 14.4 Å². The lowest BCUT2D eigenvalue weighted by Crippen LogP contribution is -2.39. The van der Waals surface area contributed by atoms with Gasteiger partial charge in [-0.3, -0.25) is 24.3 Å². The van der Waals surface area contributed by atoms with Gasteiger partial charge in [-0.1, -0.05) is 36.7 Å². The van der Waals surface area contributed by atoms with Gasteiger partial charge in [0.2, 0.25) is 11.8 Å². The third kappa shape index (κ3) is 4.37. The first-order valence-corrected chi connectivity index (χ1v) is 11.3. The van der Waals surface area contributed by atoms with E-state index >= 15 is 0 Å². The molecule has 1 aromatic heterocycles. The summed E-state index contributed by atoms with van der Waals surface area (Å²) in [5.74, 6) is -0.636. The molecule has 2 amide bonds. The van der Waals surface area contributed by atoms with Crippen molar-refractivity contribution in [3.05, 3.63) is 57.2 Å². The largest absolute Gasteiger partial charge is 0.366 e. The van der Waals surface area contributed by atoms with Gasteiger partial charge >= 0.3 is 0 Å². The van der Waals surface area contributed by atoms with Crippen molar-refractivity contribution in [2.45, 2.75) is 57.4 Å². The van der Waals surface area contributed by atoms with Gasteiger partial charge in [0, 0.05) is 31.1 Å². The molecule has 0 aliphatic carbocycles. The molecule has 8 heteroatoms. The molecule has 7 nitrogen and oxygen atoms in total.